The molecule has 120 valence electrons. The molecule has 0 bridgehead atoms. The van der Waals surface area contributed by atoms with Crippen LogP contribution in [0.1, 0.15) is 37.8 Å². The Morgan fingerprint density at radius 2 is 1.39 bits per heavy atom. The van der Waals surface area contributed by atoms with Gasteiger partial charge in [0.15, 0.2) is 0 Å². The molecule has 0 fully saturated rings. The first-order chi connectivity index (χ1) is 11.0. The Bertz CT molecular complexity index is 624. The summed E-state index contributed by atoms with van der Waals surface area (Å²) >= 11 is 0. The minimum atomic E-state index is -1.27. The molecule has 2 rings (SSSR count). The third-order valence-electron chi connectivity index (χ3n) is 4.27. The number of esters is 1. The molecule has 0 aliphatic heterocycles. The summed E-state index contributed by atoms with van der Waals surface area (Å²) in [5.74, 6) is -1.07. The van der Waals surface area contributed by atoms with E-state index in [0.29, 0.717) is 0 Å². The van der Waals surface area contributed by atoms with Crippen molar-refractivity contribution < 1.29 is 14.3 Å². The van der Waals surface area contributed by atoms with Crippen molar-refractivity contribution in [3.8, 4) is 0 Å². The van der Waals surface area contributed by atoms with Gasteiger partial charge in [-0.1, -0.05) is 60.7 Å². The van der Waals surface area contributed by atoms with Crippen molar-refractivity contribution in [3.05, 3.63) is 71.8 Å². The molecule has 3 nitrogen and oxygen atoms in total. The average Bonchev–Trinajstić information content (AvgIpc) is 2.57. The number of Topliss-reactive ketones (excluding diaryl/α,β-unsaturated/α-hetero) is 1. The van der Waals surface area contributed by atoms with Gasteiger partial charge < -0.3 is 4.74 Å². The van der Waals surface area contributed by atoms with Crippen LogP contribution in [-0.2, 0) is 14.3 Å². The lowest BCUT2D eigenvalue weighted by atomic mass is 9.67. The van der Waals surface area contributed by atoms with Crippen LogP contribution >= 0.6 is 0 Å². The molecule has 2 aromatic rings. The Labute approximate surface area is 137 Å². The quantitative estimate of drug-likeness (QED) is 0.599. The second-order valence-corrected chi connectivity index (χ2v) is 5.73. The first-order valence-corrected chi connectivity index (χ1v) is 7.80. The highest BCUT2D eigenvalue weighted by Crippen LogP contribution is 2.42. The molecule has 0 amide bonds. The Morgan fingerprint density at radius 3 is 1.74 bits per heavy atom. The van der Waals surface area contributed by atoms with E-state index in [1.165, 1.54) is 6.92 Å². The number of carbonyl (C=O) groups excluding carboxylic acids is 2. The normalized spacial score (nSPS) is 13.4. The molecule has 0 saturated carbocycles. The zero-order chi connectivity index (χ0) is 16.9. The molecule has 1 atom stereocenters. The number of carbonyl (C=O) groups is 2. The minimum absolute atomic E-state index is 0.200. The van der Waals surface area contributed by atoms with E-state index < -0.39 is 11.4 Å². The smallest absolute Gasteiger partial charge is 0.320 e. The van der Waals surface area contributed by atoms with Crippen LogP contribution in [0.4, 0.5) is 0 Å². The van der Waals surface area contributed by atoms with Crippen LogP contribution in [0.25, 0.3) is 0 Å². The van der Waals surface area contributed by atoms with Crippen LogP contribution in [0.5, 0.6) is 0 Å². The number of hydrogen-bond donors (Lipinski definition) is 0. The summed E-state index contributed by atoms with van der Waals surface area (Å²) in [7, 11) is 0. The molecule has 0 radical (unpaired) electrons. The van der Waals surface area contributed by atoms with E-state index in [2.05, 4.69) is 0 Å². The first-order valence-electron chi connectivity index (χ1n) is 7.80. The van der Waals surface area contributed by atoms with Crippen molar-refractivity contribution in [1.82, 2.24) is 0 Å². The fourth-order valence-corrected chi connectivity index (χ4v) is 2.90. The number of benzene rings is 2. The monoisotopic (exact) mass is 310 g/mol. The molecule has 0 N–H and O–H groups in total. The Morgan fingerprint density at radius 1 is 0.957 bits per heavy atom. The van der Waals surface area contributed by atoms with E-state index in [1.807, 2.05) is 60.7 Å². The van der Waals surface area contributed by atoms with Gasteiger partial charge in [0.25, 0.3) is 0 Å². The van der Waals surface area contributed by atoms with Crippen LogP contribution in [-0.4, -0.2) is 18.4 Å². The maximum absolute atomic E-state index is 12.7. The zero-order valence-electron chi connectivity index (χ0n) is 13.8. The highest BCUT2D eigenvalue weighted by molar-refractivity contribution is 6.04. The van der Waals surface area contributed by atoms with Gasteiger partial charge in [0.1, 0.15) is 11.2 Å². The van der Waals surface area contributed by atoms with Gasteiger partial charge in [0, 0.05) is 5.92 Å². The van der Waals surface area contributed by atoms with Gasteiger partial charge in [-0.3, -0.25) is 9.59 Å². The molecule has 3 heteroatoms. The summed E-state index contributed by atoms with van der Waals surface area (Å²) in [5, 5.41) is 0. The lowest BCUT2D eigenvalue weighted by molar-refractivity contribution is -0.159. The molecule has 0 aromatic heterocycles. The molecule has 0 saturated heterocycles. The van der Waals surface area contributed by atoms with Crippen LogP contribution < -0.4 is 0 Å². The molecule has 1 unspecified atom stereocenters. The summed E-state index contributed by atoms with van der Waals surface area (Å²) in [6.45, 7) is 5.13. The van der Waals surface area contributed by atoms with Gasteiger partial charge in [-0.25, -0.2) is 0 Å². The Kier molecular flexibility index (Phi) is 5.32. The number of ether oxygens (including phenoxy) is 1. The van der Waals surface area contributed by atoms with Gasteiger partial charge in [0.2, 0.25) is 0 Å². The number of hydrogen-bond acceptors (Lipinski definition) is 3. The summed E-state index contributed by atoms with van der Waals surface area (Å²) in [6.07, 6.45) is 0. The third-order valence-corrected chi connectivity index (χ3v) is 4.27. The van der Waals surface area contributed by atoms with Gasteiger partial charge in [0.05, 0.1) is 6.61 Å². The minimum Gasteiger partial charge on any atom is -0.465 e. The van der Waals surface area contributed by atoms with Crippen molar-refractivity contribution >= 4 is 11.8 Å². The Hall–Kier alpha value is -2.42. The lowest BCUT2D eigenvalue weighted by Crippen LogP contribution is -2.42. The van der Waals surface area contributed by atoms with Crippen LogP contribution in [0.2, 0.25) is 0 Å². The maximum Gasteiger partial charge on any atom is 0.320 e. The predicted molar refractivity (Wildman–Crippen MR) is 90.1 cm³/mol. The standard InChI is InChI=1S/C20H22O3/c1-4-23-19(22)20(3,15(2)21)18(16-11-7-5-8-12-16)17-13-9-6-10-14-17/h5-14,18H,4H2,1-3H3. The Balaban J connectivity index is 2.64. The fourth-order valence-electron chi connectivity index (χ4n) is 2.90. The van der Waals surface area contributed by atoms with E-state index in [-0.39, 0.29) is 18.3 Å². The van der Waals surface area contributed by atoms with Crippen LogP contribution in [0.3, 0.4) is 0 Å². The molecule has 0 aliphatic carbocycles. The molecule has 23 heavy (non-hydrogen) atoms. The zero-order valence-corrected chi connectivity index (χ0v) is 13.8. The van der Waals surface area contributed by atoms with Gasteiger partial charge in [-0.05, 0) is 31.9 Å². The van der Waals surface area contributed by atoms with E-state index in [4.69, 9.17) is 4.74 Å². The van der Waals surface area contributed by atoms with Gasteiger partial charge >= 0.3 is 5.97 Å². The van der Waals surface area contributed by atoms with Gasteiger partial charge in [-0.15, -0.1) is 0 Å². The van der Waals surface area contributed by atoms with Crippen LogP contribution in [0, 0.1) is 5.41 Å². The summed E-state index contributed by atoms with van der Waals surface area (Å²) < 4.78 is 5.23. The molecule has 2 aromatic carbocycles. The predicted octanol–water partition coefficient (Wildman–Crippen LogP) is 3.98. The largest absolute Gasteiger partial charge is 0.465 e. The number of rotatable bonds is 6. The van der Waals surface area contributed by atoms with E-state index in [0.717, 1.165) is 11.1 Å². The average molecular weight is 310 g/mol. The van der Waals surface area contributed by atoms with Crippen molar-refractivity contribution in [2.24, 2.45) is 5.41 Å². The summed E-state index contributed by atoms with van der Waals surface area (Å²) in [6, 6.07) is 19.3. The van der Waals surface area contributed by atoms with E-state index in [1.54, 1.807) is 13.8 Å². The second-order valence-electron chi connectivity index (χ2n) is 5.73. The topological polar surface area (TPSA) is 43.4 Å². The summed E-state index contributed by atoms with van der Waals surface area (Å²) in [4.78, 5) is 25.1. The highest BCUT2D eigenvalue weighted by atomic mass is 16.5. The highest BCUT2D eigenvalue weighted by Gasteiger charge is 2.48. The summed E-state index contributed by atoms with van der Waals surface area (Å²) in [5.41, 5.74) is 0.576. The second kappa shape index (κ2) is 7.23. The molecular formula is C20H22O3. The van der Waals surface area contributed by atoms with Crippen molar-refractivity contribution in [1.29, 1.82) is 0 Å². The molecule has 0 heterocycles. The molecular weight excluding hydrogens is 288 g/mol. The van der Waals surface area contributed by atoms with E-state index in [9.17, 15) is 9.59 Å². The number of ketones is 1. The fraction of sp³-hybridized carbons (Fsp3) is 0.300. The molecule has 0 spiro atoms. The van der Waals surface area contributed by atoms with Crippen molar-refractivity contribution in [3.63, 3.8) is 0 Å². The maximum atomic E-state index is 12.7. The first kappa shape index (κ1) is 16.9. The van der Waals surface area contributed by atoms with Crippen molar-refractivity contribution in [2.45, 2.75) is 26.7 Å². The molecule has 0 aliphatic rings. The van der Waals surface area contributed by atoms with Crippen LogP contribution in [0.15, 0.2) is 60.7 Å². The van der Waals surface area contributed by atoms with E-state index >= 15 is 0 Å². The third kappa shape index (κ3) is 3.34. The lowest BCUT2D eigenvalue weighted by Gasteiger charge is -2.34. The van der Waals surface area contributed by atoms with Crippen molar-refractivity contribution in [2.75, 3.05) is 6.61 Å². The van der Waals surface area contributed by atoms with Gasteiger partial charge in [-0.2, -0.15) is 0 Å². The SMILES string of the molecule is CCOC(=O)C(C)(C(C)=O)C(c1ccccc1)c1ccccc1.